The third-order valence-electron chi connectivity index (χ3n) is 2.97. The van der Waals surface area contributed by atoms with Gasteiger partial charge in [0.2, 0.25) is 5.78 Å². The first-order valence-corrected chi connectivity index (χ1v) is 8.54. The van der Waals surface area contributed by atoms with E-state index in [1.165, 1.54) is 11.8 Å². The number of aromatic nitrogens is 1. The normalized spacial score (nSPS) is 11.8. The molecule has 0 amide bonds. The molecular formula is C16H14BrNO3S. The zero-order chi connectivity index (χ0) is 16.1. The first-order valence-electron chi connectivity index (χ1n) is 6.52. The van der Waals surface area contributed by atoms with Gasteiger partial charge in [0.1, 0.15) is 5.03 Å². The summed E-state index contributed by atoms with van der Waals surface area (Å²) in [5.74, 6) is -0.786. The zero-order valence-corrected chi connectivity index (χ0v) is 14.5. The van der Waals surface area contributed by atoms with E-state index in [-0.39, 0.29) is 5.78 Å². The minimum Gasteiger partial charge on any atom is -0.451 e. The van der Waals surface area contributed by atoms with Crippen LogP contribution in [-0.4, -0.2) is 29.1 Å². The lowest BCUT2D eigenvalue weighted by molar-refractivity contribution is 0.0314. The number of pyridine rings is 1. The van der Waals surface area contributed by atoms with Gasteiger partial charge in [0.15, 0.2) is 6.10 Å². The fourth-order valence-corrected chi connectivity index (χ4v) is 2.64. The molecule has 1 aromatic carbocycles. The van der Waals surface area contributed by atoms with Crippen molar-refractivity contribution in [2.24, 2.45) is 0 Å². The molecule has 0 N–H and O–H groups in total. The molecular weight excluding hydrogens is 366 g/mol. The van der Waals surface area contributed by atoms with Crippen molar-refractivity contribution >= 4 is 39.4 Å². The molecule has 22 heavy (non-hydrogen) atoms. The van der Waals surface area contributed by atoms with Crippen LogP contribution in [-0.2, 0) is 4.74 Å². The maximum atomic E-state index is 12.3. The number of hydrogen-bond acceptors (Lipinski definition) is 5. The van der Waals surface area contributed by atoms with Crippen LogP contribution in [0.25, 0.3) is 0 Å². The summed E-state index contributed by atoms with van der Waals surface area (Å²) in [4.78, 5) is 28.6. The number of ketones is 1. The SMILES string of the molecule is CSc1ncccc1C(=O)O[C@H](C)C(=O)c1ccc(Br)cc1. The van der Waals surface area contributed by atoms with E-state index in [1.54, 1.807) is 49.5 Å². The number of hydrogen-bond donors (Lipinski definition) is 0. The Balaban J connectivity index is 2.11. The van der Waals surface area contributed by atoms with Crippen LogP contribution in [0.2, 0.25) is 0 Å². The number of benzene rings is 1. The molecule has 0 spiro atoms. The van der Waals surface area contributed by atoms with E-state index in [2.05, 4.69) is 20.9 Å². The van der Waals surface area contributed by atoms with Crippen molar-refractivity contribution in [3.63, 3.8) is 0 Å². The fraction of sp³-hybridized carbons (Fsp3) is 0.188. The van der Waals surface area contributed by atoms with E-state index in [4.69, 9.17) is 4.74 Å². The molecule has 6 heteroatoms. The van der Waals surface area contributed by atoms with E-state index in [1.807, 2.05) is 6.26 Å². The molecule has 0 bridgehead atoms. The second-order valence-electron chi connectivity index (χ2n) is 4.48. The molecule has 0 saturated heterocycles. The van der Waals surface area contributed by atoms with Crippen LogP contribution in [0.3, 0.4) is 0 Å². The molecule has 0 saturated carbocycles. The van der Waals surface area contributed by atoms with Gasteiger partial charge in [0.25, 0.3) is 0 Å². The largest absolute Gasteiger partial charge is 0.451 e. The maximum absolute atomic E-state index is 12.3. The van der Waals surface area contributed by atoms with Gasteiger partial charge in [-0.1, -0.05) is 28.1 Å². The number of nitrogens with zero attached hydrogens (tertiary/aromatic N) is 1. The summed E-state index contributed by atoms with van der Waals surface area (Å²) in [6.07, 6.45) is 2.58. The van der Waals surface area contributed by atoms with Gasteiger partial charge in [-0.05, 0) is 37.4 Å². The fourth-order valence-electron chi connectivity index (χ4n) is 1.84. The molecule has 1 atom stereocenters. The van der Waals surface area contributed by atoms with Gasteiger partial charge in [-0.25, -0.2) is 9.78 Å². The summed E-state index contributed by atoms with van der Waals surface area (Å²) < 4.78 is 6.15. The predicted octanol–water partition coefficient (Wildman–Crippen LogP) is 3.99. The van der Waals surface area contributed by atoms with E-state index < -0.39 is 12.1 Å². The van der Waals surface area contributed by atoms with Crippen LogP contribution in [0.4, 0.5) is 0 Å². The van der Waals surface area contributed by atoms with E-state index in [0.29, 0.717) is 16.2 Å². The van der Waals surface area contributed by atoms with Crippen LogP contribution in [0, 0.1) is 0 Å². The molecule has 0 unspecified atom stereocenters. The molecule has 0 aliphatic rings. The summed E-state index contributed by atoms with van der Waals surface area (Å²) in [7, 11) is 0. The molecule has 2 aromatic rings. The number of ether oxygens (including phenoxy) is 1. The first-order chi connectivity index (χ1) is 10.5. The summed E-state index contributed by atoms with van der Waals surface area (Å²) in [5, 5.41) is 0.579. The second kappa shape index (κ2) is 7.56. The van der Waals surface area contributed by atoms with Gasteiger partial charge < -0.3 is 4.74 Å². The van der Waals surface area contributed by atoms with Gasteiger partial charge in [-0.3, -0.25) is 4.79 Å². The van der Waals surface area contributed by atoms with Crippen LogP contribution in [0.5, 0.6) is 0 Å². The van der Waals surface area contributed by atoms with Crippen LogP contribution in [0.1, 0.15) is 27.6 Å². The number of esters is 1. The number of Topliss-reactive ketones (excluding diaryl/α,β-unsaturated/α-hetero) is 1. The minimum atomic E-state index is -0.858. The number of carbonyl (C=O) groups is 2. The van der Waals surface area contributed by atoms with Crippen molar-refractivity contribution in [3.8, 4) is 0 Å². The Bertz CT molecular complexity index is 688. The second-order valence-corrected chi connectivity index (χ2v) is 6.19. The van der Waals surface area contributed by atoms with Crippen molar-refractivity contribution in [2.75, 3.05) is 6.26 Å². The predicted molar refractivity (Wildman–Crippen MR) is 89.4 cm³/mol. The topological polar surface area (TPSA) is 56.3 Å². The van der Waals surface area contributed by atoms with Gasteiger partial charge >= 0.3 is 5.97 Å². The lowest BCUT2D eigenvalue weighted by Crippen LogP contribution is -2.24. The van der Waals surface area contributed by atoms with E-state index >= 15 is 0 Å². The molecule has 114 valence electrons. The molecule has 4 nitrogen and oxygen atoms in total. The smallest absolute Gasteiger partial charge is 0.341 e. The zero-order valence-electron chi connectivity index (χ0n) is 12.1. The number of rotatable bonds is 5. The minimum absolute atomic E-state index is 0.240. The quantitative estimate of drug-likeness (QED) is 0.446. The van der Waals surface area contributed by atoms with Gasteiger partial charge in [0.05, 0.1) is 5.56 Å². The maximum Gasteiger partial charge on any atom is 0.341 e. The average molecular weight is 380 g/mol. The lowest BCUT2D eigenvalue weighted by Gasteiger charge is -2.13. The highest BCUT2D eigenvalue weighted by molar-refractivity contribution is 9.10. The van der Waals surface area contributed by atoms with Crippen molar-refractivity contribution in [1.29, 1.82) is 0 Å². The Kier molecular flexibility index (Phi) is 5.74. The van der Waals surface area contributed by atoms with Crippen LogP contribution < -0.4 is 0 Å². The number of thioether (sulfide) groups is 1. The van der Waals surface area contributed by atoms with Crippen LogP contribution in [0.15, 0.2) is 52.1 Å². The van der Waals surface area contributed by atoms with Gasteiger partial charge in [-0.2, -0.15) is 0 Å². The third kappa shape index (κ3) is 3.96. The number of carbonyl (C=O) groups excluding carboxylic acids is 2. The van der Waals surface area contributed by atoms with Crippen LogP contribution >= 0.6 is 27.7 Å². The Hall–Kier alpha value is -1.66. The molecule has 1 aromatic heterocycles. The molecule has 0 radical (unpaired) electrons. The summed E-state index contributed by atoms with van der Waals surface area (Å²) in [6, 6.07) is 10.2. The average Bonchev–Trinajstić information content (AvgIpc) is 2.54. The Morgan fingerprint density at radius 3 is 2.55 bits per heavy atom. The first kappa shape index (κ1) is 16.7. The highest BCUT2D eigenvalue weighted by atomic mass is 79.9. The van der Waals surface area contributed by atoms with Crippen molar-refractivity contribution in [3.05, 3.63) is 58.2 Å². The molecule has 0 aliphatic heterocycles. The van der Waals surface area contributed by atoms with Crippen molar-refractivity contribution in [2.45, 2.75) is 18.1 Å². The van der Waals surface area contributed by atoms with E-state index in [9.17, 15) is 9.59 Å². The number of halogens is 1. The molecule has 0 aliphatic carbocycles. The van der Waals surface area contributed by atoms with Crippen molar-refractivity contribution < 1.29 is 14.3 Å². The summed E-state index contributed by atoms with van der Waals surface area (Å²) in [5.41, 5.74) is 0.866. The molecule has 0 fully saturated rings. The summed E-state index contributed by atoms with van der Waals surface area (Å²) in [6.45, 7) is 1.57. The highest BCUT2D eigenvalue weighted by Gasteiger charge is 2.22. The molecule has 1 heterocycles. The molecule has 2 rings (SSSR count). The van der Waals surface area contributed by atoms with Gasteiger partial charge in [-0.15, -0.1) is 11.8 Å². The Morgan fingerprint density at radius 1 is 1.23 bits per heavy atom. The Labute approximate surface area is 141 Å². The third-order valence-corrected chi connectivity index (χ3v) is 4.21. The lowest BCUT2D eigenvalue weighted by atomic mass is 10.1. The Morgan fingerprint density at radius 2 is 1.91 bits per heavy atom. The van der Waals surface area contributed by atoms with E-state index in [0.717, 1.165) is 4.47 Å². The standard InChI is InChI=1S/C16H14BrNO3S/c1-10(14(19)11-5-7-12(17)8-6-11)21-16(20)13-4-3-9-18-15(13)22-2/h3-10H,1-2H3/t10-/m1/s1. The highest BCUT2D eigenvalue weighted by Crippen LogP contribution is 2.19. The monoisotopic (exact) mass is 379 g/mol. The summed E-state index contributed by atoms with van der Waals surface area (Å²) >= 11 is 4.67. The van der Waals surface area contributed by atoms with Gasteiger partial charge in [0, 0.05) is 16.2 Å². The van der Waals surface area contributed by atoms with Crippen molar-refractivity contribution in [1.82, 2.24) is 4.98 Å².